The van der Waals surface area contributed by atoms with Crippen LogP contribution in [0.1, 0.15) is 74.1 Å². The summed E-state index contributed by atoms with van der Waals surface area (Å²) < 4.78 is 0. The van der Waals surface area contributed by atoms with Crippen molar-refractivity contribution in [1.82, 2.24) is 9.80 Å². The van der Waals surface area contributed by atoms with Crippen LogP contribution in [-0.2, 0) is 9.59 Å². The van der Waals surface area contributed by atoms with Crippen LogP contribution in [0.5, 0.6) is 0 Å². The summed E-state index contributed by atoms with van der Waals surface area (Å²) in [5.74, 6) is -1.25. The topological polar surface area (TPSA) is 78.0 Å². The summed E-state index contributed by atoms with van der Waals surface area (Å²) in [6.45, 7) is 11.2. The first-order chi connectivity index (χ1) is 14.8. The third kappa shape index (κ3) is 4.71. The largest absolute Gasteiger partial charge is 0.368 e. The fourth-order valence-electron chi connectivity index (χ4n) is 4.53. The van der Waals surface area contributed by atoms with Crippen LogP contribution in [0.2, 0.25) is 0 Å². The molecule has 1 unspecified atom stereocenters. The lowest BCUT2D eigenvalue weighted by atomic mass is 10.0. The summed E-state index contributed by atoms with van der Waals surface area (Å²) in [6.07, 6.45) is 2.58. The molecule has 0 bridgehead atoms. The fourth-order valence-corrected chi connectivity index (χ4v) is 4.53. The predicted octanol–water partition coefficient (Wildman–Crippen LogP) is 2.92. The van der Waals surface area contributed by atoms with Crippen LogP contribution in [-0.4, -0.2) is 71.4 Å². The van der Waals surface area contributed by atoms with Gasteiger partial charge in [0.25, 0.3) is 11.8 Å². The molecule has 1 aromatic carbocycles. The molecule has 0 aliphatic carbocycles. The molecule has 2 aliphatic heterocycles. The SMILES string of the molecule is CCCN(CCC)C1CN(c2ccc3c(c2)C(=O)N(C(CCC(C)=O)C(C)=O)C3=O)C1. The standard InChI is InChI=1S/C24H33N3O4/c1-5-11-25(12-6-2)19-14-26(15-19)18-8-9-20-21(13-18)24(31)27(23(20)30)22(17(4)29)10-7-16(3)28/h8-9,13,19,22H,5-7,10-12,14-15H2,1-4H3. The molecule has 31 heavy (non-hydrogen) atoms. The molecule has 2 amide bonds. The number of benzene rings is 1. The van der Waals surface area contributed by atoms with E-state index in [0.717, 1.165) is 49.6 Å². The quantitative estimate of drug-likeness (QED) is 0.506. The number of hydrogen-bond donors (Lipinski definition) is 0. The van der Waals surface area contributed by atoms with Crippen LogP contribution < -0.4 is 4.90 Å². The third-order valence-electron chi connectivity index (χ3n) is 6.22. The maximum Gasteiger partial charge on any atom is 0.262 e. The van der Waals surface area contributed by atoms with Crippen molar-refractivity contribution in [2.24, 2.45) is 0 Å². The van der Waals surface area contributed by atoms with Crippen molar-refractivity contribution < 1.29 is 19.2 Å². The van der Waals surface area contributed by atoms with Crippen molar-refractivity contribution in [3.8, 4) is 0 Å². The number of fused-ring (bicyclic) bond motifs is 1. The van der Waals surface area contributed by atoms with E-state index in [-0.39, 0.29) is 24.4 Å². The first-order valence-electron chi connectivity index (χ1n) is 11.3. The molecule has 0 aromatic heterocycles. The number of nitrogens with zero attached hydrogens (tertiary/aromatic N) is 3. The second-order valence-corrected chi connectivity index (χ2v) is 8.67. The Hall–Kier alpha value is -2.54. The average molecular weight is 428 g/mol. The van der Waals surface area contributed by atoms with E-state index in [2.05, 4.69) is 23.6 Å². The number of amides is 2. The number of carbonyl (C=O) groups is 4. The number of carbonyl (C=O) groups excluding carboxylic acids is 4. The number of anilines is 1. The summed E-state index contributed by atoms with van der Waals surface area (Å²) in [5.41, 5.74) is 1.60. The Kier molecular flexibility index (Phi) is 7.26. The van der Waals surface area contributed by atoms with Gasteiger partial charge in [0.05, 0.1) is 17.2 Å². The highest BCUT2D eigenvalue weighted by atomic mass is 16.2. The molecule has 1 fully saturated rings. The molecule has 168 valence electrons. The second kappa shape index (κ2) is 9.73. The maximum absolute atomic E-state index is 13.1. The number of rotatable bonds is 11. The second-order valence-electron chi connectivity index (χ2n) is 8.67. The highest BCUT2D eigenvalue weighted by Gasteiger charge is 2.42. The third-order valence-corrected chi connectivity index (χ3v) is 6.22. The number of ketones is 2. The van der Waals surface area contributed by atoms with E-state index in [1.54, 1.807) is 12.1 Å². The maximum atomic E-state index is 13.1. The van der Waals surface area contributed by atoms with E-state index in [1.807, 2.05) is 6.07 Å². The summed E-state index contributed by atoms with van der Waals surface area (Å²) in [6, 6.07) is 4.96. The molecule has 2 aliphatic rings. The first kappa shape index (κ1) is 23.1. The van der Waals surface area contributed by atoms with Crippen molar-refractivity contribution in [3.63, 3.8) is 0 Å². The summed E-state index contributed by atoms with van der Waals surface area (Å²) in [5, 5.41) is 0. The fraction of sp³-hybridized carbons (Fsp3) is 0.583. The minimum atomic E-state index is -0.898. The highest BCUT2D eigenvalue weighted by molar-refractivity contribution is 6.23. The predicted molar refractivity (Wildman–Crippen MR) is 119 cm³/mol. The summed E-state index contributed by atoms with van der Waals surface area (Å²) in [7, 11) is 0. The normalized spacial score (nSPS) is 17.2. The Balaban J connectivity index is 1.74. The van der Waals surface area contributed by atoms with Crippen molar-refractivity contribution in [2.45, 2.75) is 65.5 Å². The van der Waals surface area contributed by atoms with Gasteiger partial charge < -0.3 is 9.69 Å². The minimum Gasteiger partial charge on any atom is -0.368 e. The molecule has 1 aromatic rings. The van der Waals surface area contributed by atoms with Gasteiger partial charge in [-0.25, -0.2) is 0 Å². The minimum absolute atomic E-state index is 0.0716. The zero-order valence-corrected chi connectivity index (χ0v) is 19.0. The highest BCUT2D eigenvalue weighted by Crippen LogP contribution is 2.32. The molecule has 0 radical (unpaired) electrons. The Labute approximate surface area is 184 Å². The summed E-state index contributed by atoms with van der Waals surface area (Å²) in [4.78, 5) is 55.3. The average Bonchev–Trinajstić information content (AvgIpc) is 2.92. The molecule has 0 spiro atoms. The molecule has 0 N–H and O–H groups in total. The number of hydrogen-bond acceptors (Lipinski definition) is 6. The van der Waals surface area contributed by atoms with Gasteiger partial charge >= 0.3 is 0 Å². The molecule has 7 heteroatoms. The van der Waals surface area contributed by atoms with Crippen molar-refractivity contribution in [2.75, 3.05) is 31.1 Å². The lowest BCUT2D eigenvalue weighted by Gasteiger charge is -2.47. The van der Waals surface area contributed by atoms with E-state index in [4.69, 9.17) is 0 Å². The van der Waals surface area contributed by atoms with Crippen molar-refractivity contribution in [1.29, 1.82) is 0 Å². The molecule has 0 saturated carbocycles. The zero-order valence-electron chi connectivity index (χ0n) is 19.0. The lowest BCUT2D eigenvalue weighted by molar-refractivity contribution is -0.121. The Morgan fingerprint density at radius 2 is 1.65 bits per heavy atom. The smallest absolute Gasteiger partial charge is 0.262 e. The number of Topliss-reactive ketones (excluding diaryl/α,β-unsaturated/α-hetero) is 2. The lowest BCUT2D eigenvalue weighted by Crippen LogP contribution is -2.59. The molecule has 7 nitrogen and oxygen atoms in total. The van der Waals surface area contributed by atoms with Gasteiger partial charge in [-0.05, 0) is 64.4 Å². The van der Waals surface area contributed by atoms with Gasteiger partial charge in [-0.2, -0.15) is 0 Å². The van der Waals surface area contributed by atoms with Gasteiger partial charge in [0.1, 0.15) is 5.78 Å². The van der Waals surface area contributed by atoms with Crippen LogP contribution in [0.25, 0.3) is 0 Å². The van der Waals surface area contributed by atoms with E-state index < -0.39 is 17.9 Å². The van der Waals surface area contributed by atoms with Gasteiger partial charge in [0, 0.05) is 31.2 Å². The molecule has 2 heterocycles. The van der Waals surface area contributed by atoms with Crippen molar-refractivity contribution in [3.05, 3.63) is 29.3 Å². The van der Waals surface area contributed by atoms with Crippen LogP contribution >= 0.6 is 0 Å². The first-order valence-corrected chi connectivity index (χ1v) is 11.3. The van der Waals surface area contributed by atoms with Gasteiger partial charge in [-0.3, -0.25) is 24.2 Å². The molecule has 3 rings (SSSR count). The van der Waals surface area contributed by atoms with Crippen LogP contribution in [0, 0.1) is 0 Å². The molecular formula is C24H33N3O4. The van der Waals surface area contributed by atoms with Gasteiger partial charge in [-0.15, -0.1) is 0 Å². The van der Waals surface area contributed by atoms with E-state index in [1.165, 1.54) is 13.8 Å². The van der Waals surface area contributed by atoms with Crippen molar-refractivity contribution >= 4 is 29.1 Å². The Bertz CT molecular complexity index is 870. The Morgan fingerprint density at radius 1 is 1.03 bits per heavy atom. The molecule has 1 saturated heterocycles. The van der Waals surface area contributed by atoms with Crippen LogP contribution in [0.3, 0.4) is 0 Å². The Morgan fingerprint density at radius 3 is 2.19 bits per heavy atom. The van der Waals surface area contributed by atoms with E-state index in [9.17, 15) is 19.2 Å². The molecule has 1 atom stereocenters. The van der Waals surface area contributed by atoms with Crippen LogP contribution in [0.15, 0.2) is 18.2 Å². The van der Waals surface area contributed by atoms with Crippen LogP contribution in [0.4, 0.5) is 5.69 Å². The zero-order chi connectivity index (χ0) is 22.7. The van der Waals surface area contributed by atoms with Gasteiger partial charge in [-0.1, -0.05) is 13.8 Å². The van der Waals surface area contributed by atoms with E-state index >= 15 is 0 Å². The van der Waals surface area contributed by atoms with Gasteiger partial charge in [0.2, 0.25) is 0 Å². The summed E-state index contributed by atoms with van der Waals surface area (Å²) >= 11 is 0. The van der Waals surface area contributed by atoms with E-state index in [0.29, 0.717) is 17.2 Å². The van der Waals surface area contributed by atoms with Gasteiger partial charge in [0.15, 0.2) is 5.78 Å². The monoisotopic (exact) mass is 427 g/mol. The molecular weight excluding hydrogens is 394 g/mol. The number of imide groups is 1.